The smallest absolute Gasteiger partial charge is 0.263 e. The van der Waals surface area contributed by atoms with Gasteiger partial charge in [0.1, 0.15) is 17.1 Å². The largest absolute Gasteiger partial charge is 0.481 e. The van der Waals surface area contributed by atoms with Crippen molar-refractivity contribution in [3.05, 3.63) is 83.9 Å². The Bertz CT molecular complexity index is 1190. The average Bonchev–Trinajstić information content (AvgIpc) is 3.27. The fourth-order valence-electron chi connectivity index (χ4n) is 3.28. The highest BCUT2D eigenvalue weighted by molar-refractivity contribution is 6.10. The van der Waals surface area contributed by atoms with Gasteiger partial charge >= 0.3 is 0 Å². The molecule has 0 saturated carbocycles. The lowest BCUT2D eigenvalue weighted by Crippen LogP contribution is -2.27. The van der Waals surface area contributed by atoms with Crippen LogP contribution >= 0.6 is 0 Å². The standard InChI is InChI=1S/C24H22N4O4/c1-28(17-12-8-5-9-13-17)24(29)22-18(32-27-23(22)16-10-6-4-7-11-16)14-19-25-20(30-2)15-21(26-19)31-3/h4-13,15H,14H2,1-3H3. The summed E-state index contributed by atoms with van der Waals surface area (Å²) in [5.41, 5.74) is 2.34. The monoisotopic (exact) mass is 430 g/mol. The van der Waals surface area contributed by atoms with Crippen molar-refractivity contribution in [1.82, 2.24) is 15.1 Å². The van der Waals surface area contributed by atoms with E-state index in [1.165, 1.54) is 14.2 Å². The quantitative estimate of drug-likeness (QED) is 0.437. The number of anilines is 1. The summed E-state index contributed by atoms with van der Waals surface area (Å²) in [7, 11) is 4.74. The first kappa shape index (κ1) is 21.0. The molecule has 0 aliphatic carbocycles. The van der Waals surface area contributed by atoms with E-state index in [1.807, 2.05) is 60.7 Å². The maximum Gasteiger partial charge on any atom is 0.263 e. The van der Waals surface area contributed by atoms with Crippen molar-refractivity contribution < 1.29 is 18.8 Å². The fourth-order valence-corrected chi connectivity index (χ4v) is 3.28. The first-order valence-electron chi connectivity index (χ1n) is 9.93. The Labute approximate surface area is 185 Å². The number of nitrogens with zero attached hydrogens (tertiary/aromatic N) is 4. The molecule has 0 aliphatic rings. The van der Waals surface area contributed by atoms with Gasteiger partial charge in [0.05, 0.1) is 26.7 Å². The van der Waals surface area contributed by atoms with Crippen molar-refractivity contribution in [2.24, 2.45) is 0 Å². The molecule has 0 saturated heterocycles. The number of hydrogen-bond acceptors (Lipinski definition) is 7. The maximum atomic E-state index is 13.6. The zero-order valence-corrected chi connectivity index (χ0v) is 18.0. The Kier molecular flexibility index (Phi) is 6.12. The van der Waals surface area contributed by atoms with E-state index in [9.17, 15) is 4.79 Å². The summed E-state index contributed by atoms with van der Waals surface area (Å²) in [6.07, 6.45) is 0.136. The molecule has 8 heteroatoms. The van der Waals surface area contributed by atoms with Gasteiger partial charge < -0.3 is 18.9 Å². The third-order valence-corrected chi connectivity index (χ3v) is 4.93. The topological polar surface area (TPSA) is 90.6 Å². The number of carbonyl (C=O) groups excluding carboxylic acids is 1. The molecule has 0 fully saturated rings. The van der Waals surface area contributed by atoms with E-state index in [1.54, 1.807) is 18.0 Å². The SMILES string of the molecule is COc1cc(OC)nc(Cc2onc(-c3ccccc3)c2C(=O)N(C)c2ccccc2)n1. The second-order valence-electron chi connectivity index (χ2n) is 6.94. The molecule has 162 valence electrons. The molecule has 8 nitrogen and oxygen atoms in total. The summed E-state index contributed by atoms with van der Waals surface area (Å²) in [6, 6.07) is 20.4. The predicted molar refractivity (Wildman–Crippen MR) is 119 cm³/mol. The van der Waals surface area contributed by atoms with Gasteiger partial charge in [0.25, 0.3) is 5.91 Å². The van der Waals surface area contributed by atoms with Gasteiger partial charge in [0.2, 0.25) is 11.8 Å². The third kappa shape index (κ3) is 4.29. The van der Waals surface area contributed by atoms with E-state index in [0.29, 0.717) is 34.6 Å². The minimum absolute atomic E-state index is 0.136. The molecule has 4 aromatic rings. The van der Waals surface area contributed by atoms with Crippen LogP contribution in [0.3, 0.4) is 0 Å². The lowest BCUT2D eigenvalue weighted by molar-refractivity contribution is 0.0991. The van der Waals surface area contributed by atoms with Crippen LogP contribution in [0.5, 0.6) is 11.8 Å². The molecule has 0 aliphatic heterocycles. The zero-order chi connectivity index (χ0) is 22.5. The van der Waals surface area contributed by atoms with Gasteiger partial charge in [-0.05, 0) is 12.1 Å². The number of aromatic nitrogens is 3. The van der Waals surface area contributed by atoms with Crippen LogP contribution in [-0.2, 0) is 6.42 Å². The summed E-state index contributed by atoms with van der Waals surface area (Å²) in [5.74, 6) is 1.19. The molecule has 0 N–H and O–H groups in total. The van der Waals surface area contributed by atoms with Crippen molar-refractivity contribution in [2.75, 3.05) is 26.2 Å². The van der Waals surface area contributed by atoms with Crippen molar-refractivity contribution in [3.63, 3.8) is 0 Å². The third-order valence-electron chi connectivity index (χ3n) is 4.93. The fraction of sp³-hybridized carbons (Fsp3) is 0.167. The Balaban J connectivity index is 1.78. The van der Waals surface area contributed by atoms with Crippen LogP contribution < -0.4 is 14.4 Å². The van der Waals surface area contributed by atoms with Crippen LogP contribution in [0.1, 0.15) is 21.9 Å². The van der Waals surface area contributed by atoms with Crippen molar-refractivity contribution in [2.45, 2.75) is 6.42 Å². The lowest BCUT2D eigenvalue weighted by atomic mass is 10.0. The van der Waals surface area contributed by atoms with Gasteiger partial charge in [0, 0.05) is 18.3 Å². The number of amides is 1. The highest BCUT2D eigenvalue weighted by Gasteiger charge is 2.28. The van der Waals surface area contributed by atoms with Gasteiger partial charge in [-0.2, -0.15) is 9.97 Å². The number of benzene rings is 2. The van der Waals surface area contributed by atoms with Gasteiger partial charge in [-0.25, -0.2) is 0 Å². The summed E-state index contributed by atoms with van der Waals surface area (Å²) in [4.78, 5) is 23.9. The molecule has 0 unspecified atom stereocenters. The summed E-state index contributed by atoms with van der Waals surface area (Å²) < 4.78 is 16.1. The summed E-state index contributed by atoms with van der Waals surface area (Å²) in [6.45, 7) is 0. The number of rotatable bonds is 7. The molecule has 4 rings (SSSR count). The van der Waals surface area contributed by atoms with E-state index >= 15 is 0 Å². The average molecular weight is 430 g/mol. The molecule has 32 heavy (non-hydrogen) atoms. The van der Waals surface area contributed by atoms with Gasteiger partial charge in [-0.1, -0.05) is 53.7 Å². The van der Waals surface area contributed by atoms with Gasteiger partial charge in [-0.3, -0.25) is 4.79 Å². The second kappa shape index (κ2) is 9.30. The van der Waals surface area contributed by atoms with Crippen LogP contribution in [-0.4, -0.2) is 42.3 Å². The number of ether oxygens (including phenoxy) is 2. The van der Waals surface area contributed by atoms with Gasteiger partial charge in [0.15, 0.2) is 5.76 Å². The van der Waals surface area contributed by atoms with Crippen molar-refractivity contribution in [3.8, 4) is 23.0 Å². The Hall–Kier alpha value is -4.20. The summed E-state index contributed by atoms with van der Waals surface area (Å²) in [5, 5.41) is 4.22. The van der Waals surface area contributed by atoms with E-state index in [4.69, 9.17) is 14.0 Å². The van der Waals surface area contributed by atoms with Gasteiger partial charge in [-0.15, -0.1) is 0 Å². The Morgan fingerprint density at radius 1 is 0.938 bits per heavy atom. The number of para-hydroxylation sites is 1. The highest BCUT2D eigenvalue weighted by Crippen LogP contribution is 2.29. The Morgan fingerprint density at radius 3 is 2.12 bits per heavy atom. The van der Waals surface area contributed by atoms with Crippen LogP contribution in [0.25, 0.3) is 11.3 Å². The normalized spacial score (nSPS) is 10.6. The Morgan fingerprint density at radius 2 is 1.53 bits per heavy atom. The minimum Gasteiger partial charge on any atom is -0.481 e. The second-order valence-corrected chi connectivity index (χ2v) is 6.94. The molecule has 0 bridgehead atoms. The zero-order valence-electron chi connectivity index (χ0n) is 18.0. The van der Waals surface area contributed by atoms with Crippen LogP contribution in [0, 0.1) is 0 Å². The molecule has 2 aromatic heterocycles. The highest BCUT2D eigenvalue weighted by atomic mass is 16.5. The first-order chi connectivity index (χ1) is 15.6. The molecule has 1 amide bonds. The molecule has 2 aromatic carbocycles. The summed E-state index contributed by atoms with van der Waals surface area (Å²) >= 11 is 0. The number of carbonyl (C=O) groups is 1. The van der Waals surface area contributed by atoms with Crippen LogP contribution in [0.15, 0.2) is 71.3 Å². The molecule has 0 atom stereocenters. The van der Waals surface area contributed by atoms with E-state index in [0.717, 1.165) is 11.3 Å². The van der Waals surface area contributed by atoms with Crippen molar-refractivity contribution in [1.29, 1.82) is 0 Å². The minimum atomic E-state index is -0.249. The molecule has 0 radical (unpaired) electrons. The number of hydrogen-bond donors (Lipinski definition) is 0. The first-order valence-corrected chi connectivity index (χ1v) is 9.93. The van der Waals surface area contributed by atoms with Crippen LogP contribution in [0.2, 0.25) is 0 Å². The van der Waals surface area contributed by atoms with E-state index in [-0.39, 0.29) is 12.3 Å². The lowest BCUT2D eigenvalue weighted by Gasteiger charge is -2.17. The van der Waals surface area contributed by atoms with Crippen LogP contribution in [0.4, 0.5) is 5.69 Å². The molecule has 0 spiro atoms. The molecule has 2 heterocycles. The van der Waals surface area contributed by atoms with E-state index < -0.39 is 0 Å². The predicted octanol–water partition coefficient (Wildman–Crippen LogP) is 4.02. The van der Waals surface area contributed by atoms with Crippen molar-refractivity contribution >= 4 is 11.6 Å². The maximum absolute atomic E-state index is 13.6. The van der Waals surface area contributed by atoms with E-state index in [2.05, 4.69) is 15.1 Å². The molecular formula is C24H22N4O4. The number of methoxy groups -OCH3 is 2. The molecular weight excluding hydrogens is 408 g/mol.